The third-order valence-corrected chi connectivity index (χ3v) is 2.92. The third-order valence-electron chi connectivity index (χ3n) is 2.59. The van der Waals surface area contributed by atoms with Gasteiger partial charge in [-0.25, -0.2) is 9.82 Å². The minimum atomic E-state index is -0.500. The van der Waals surface area contributed by atoms with Crippen LogP contribution in [0.15, 0.2) is 59.7 Å². The van der Waals surface area contributed by atoms with Crippen LogP contribution in [0.2, 0.25) is 5.02 Å². The summed E-state index contributed by atoms with van der Waals surface area (Å²) < 4.78 is 13.4. The lowest BCUT2D eigenvalue weighted by atomic mass is 10.2. The first-order valence-corrected chi connectivity index (χ1v) is 6.55. The zero-order valence-electron chi connectivity index (χ0n) is 11.0. The standard InChI is InChI=1S/C16H12ClFN2O/c17-14-7-4-8-15(18)13(14)11-19-20-16(21)10-9-12-5-2-1-3-6-12/h1-11H,(H,20,21)/b10-9+,19-11+. The summed E-state index contributed by atoms with van der Waals surface area (Å²) >= 11 is 5.83. The number of carbonyl (C=O) groups excluding carboxylic acids is 1. The van der Waals surface area contributed by atoms with Crippen molar-refractivity contribution in [3.05, 3.63) is 76.6 Å². The molecule has 0 fully saturated rings. The van der Waals surface area contributed by atoms with E-state index < -0.39 is 11.7 Å². The van der Waals surface area contributed by atoms with E-state index >= 15 is 0 Å². The molecule has 0 atom stereocenters. The maximum atomic E-state index is 13.4. The van der Waals surface area contributed by atoms with Gasteiger partial charge < -0.3 is 0 Å². The summed E-state index contributed by atoms with van der Waals surface area (Å²) in [6, 6.07) is 13.7. The van der Waals surface area contributed by atoms with E-state index in [1.807, 2.05) is 30.3 Å². The zero-order chi connectivity index (χ0) is 15.1. The Morgan fingerprint density at radius 2 is 1.90 bits per heavy atom. The molecule has 0 saturated heterocycles. The van der Waals surface area contributed by atoms with E-state index in [4.69, 9.17) is 11.6 Å². The zero-order valence-corrected chi connectivity index (χ0v) is 11.7. The molecule has 0 heterocycles. The van der Waals surface area contributed by atoms with Crippen molar-refractivity contribution in [1.82, 2.24) is 5.43 Å². The van der Waals surface area contributed by atoms with Crippen molar-refractivity contribution in [3.63, 3.8) is 0 Å². The molecule has 21 heavy (non-hydrogen) atoms. The first-order valence-electron chi connectivity index (χ1n) is 6.17. The van der Waals surface area contributed by atoms with Crippen LogP contribution in [0, 0.1) is 5.82 Å². The first-order chi connectivity index (χ1) is 10.2. The summed E-state index contributed by atoms with van der Waals surface area (Å²) in [6.07, 6.45) is 4.17. The van der Waals surface area contributed by atoms with Gasteiger partial charge in [0.2, 0.25) is 0 Å². The van der Waals surface area contributed by atoms with Crippen molar-refractivity contribution in [3.8, 4) is 0 Å². The van der Waals surface area contributed by atoms with Crippen LogP contribution >= 0.6 is 11.6 Å². The minimum absolute atomic E-state index is 0.131. The second kappa shape index (κ2) is 7.36. The van der Waals surface area contributed by atoms with Gasteiger partial charge in [-0.3, -0.25) is 4.79 Å². The highest BCUT2D eigenvalue weighted by Gasteiger charge is 2.03. The fraction of sp³-hybridized carbons (Fsp3) is 0. The molecular formula is C16H12ClFN2O. The van der Waals surface area contributed by atoms with Crippen LogP contribution in [0.3, 0.4) is 0 Å². The Hall–Kier alpha value is -2.46. The van der Waals surface area contributed by atoms with Crippen molar-refractivity contribution in [2.24, 2.45) is 5.10 Å². The fourth-order valence-corrected chi connectivity index (χ4v) is 1.78. The molecule has 0 unspecified atom stereocenters. The SMILES string of the molecule is O=C(/C=C/c1ccccc1)N/N=C/c1c(F)cccc1Cl. The van der Waals surface area contributed by atoms with E-state index in [1.54, 1.807) is 12.1 Å². The lowest BCUT2D eigenvalue weighted by Crippen LogP contribution is -2.14. The molecule has 0 spiro atoms. The van der Waals surface area contributed by atoms with E-state index in [0.717, 1.165) is 5.56 Å². The van der Waals surface area contributed by atoms with Gasteiger partial charge in [-0.05, 0) is 23.8 Å². The second-order valence-corrected chi connectivity index (χ2v) is 4.52. The molecule has 0 aliphatic carbocycles. The van der Waals surface area contributed by atoms with Crippen LogP contribution in [0.25, 0.3) is 6.08 Å². The largest absolute Gasteiger partial charge is 0.268 e. The van der Waals surface area contributed by atoms with E-state index in [9.17, 15) is 9.18 Å². The highest BCUT2D eigenvalue weighted by atomic mass is 35.5. The van der Waals surface area contributed by atoms with Gasteiger partial charge in [0.05, 0.1) is 11.2 Å². The summed E-state index contributed by atoms with van der Waals surface area (Å²) in [6.45, 7) is 0. The van der Waals surface area contributed by atoms with Crippen molar-refractivity contribution >= 4 is 29.8 Å². The summed E-state index contributed by atoms with van der Waals surface area (Å²) in [5.74, 6) is -0.914. The quantitative estimate of drug-likeness (QED) is 0.523. The Labute approximate surface area is 126 Å². The normalized spacial score (nSPS) is 11.1. The molecule has 2 rings (SSSR count). The molecule has 106 valence electrons. The average molecular weight is 303 g/mol. The van der Waals surface area contributed by atoms with Crippen molar-refractivity contribution in [2.45, 2.75) is 0 Å². The van der Waals surface area contributed by atoms with Gasteiger partial charge in [0, 0.05) is 11.6 Å². The lowest BCUT2D eigenvalue weighted by Gasteiger charge is -1.99. The van der Waals surface area contributed by atoms with E-state index in [1.165, 1.54) is 24.4 Å². The van der Waals surface area contributed by atoms with Gasteiger partial charge in [0.25, 0.3) is 5.91 Å². The van der Waals surface area contributed by atoms with Gasteiger partial charge in [0.15, 0.2) is 0 Å². The molecule has 2 aromatic rings. The monoisotopic (exact) mass is 302 g/mol. The van der Waals surface area contributed by atoms with Gasteiger partial charge >= 0.3 is 0 Å². The highest BCUT2D eigenvalue weighted by molar-refractivity contribution is 6.33. The van der Waals surface area contributed by atoms with Crippen LogP contribution in [-0.2, 0) is 4.79 Å². The maximum absolute atomic E-state index is 13.4. The number of nitrogens with zero attached hydrogens (tertiary/aromatic N) is 1. The molecule has 0 radical (unpaired) electrons. The summed E-state index contributed by atoms with van der Waals surface area (Å²) in [5, 5.41) is 3.90. The lowest BCUT2D eigenvalue weighted by molar-refractivity contribution is -0.116. The molecule has 0 aliphatic heterocycles. The molecule has 1 amide bonds. The molecule has 1 N–H and O–H groups in total. The van der Waals surface area contributed by atoms with Gasteiger partial charge in [-0.2, -0.15) is 5.10 Å². The van der Waals surface area contributed by atoms with E-state index in [0.29, 0.717) is 0 Å². The predicted octanol–water partition coefficient (Wildman–Crippen LogP) is 3.64. The average Bonchev–Trinajstić information content (AvgIpc) is 2.49. The summed E-state index contributed by atoms with van der Waals surface area (Å²) in [5.41, 5.74) is 3.30. The Bertz CT molecular complexity index is 664. The predicted molar refractivity (Wildman–Crippen MR) is 82.6 cm³/mol. The Kier molecular flexibility index (Phi) is 5.23. The van der Waals surface area contributed by atoms with Crippen molar-refractivity contribution < 1.29 is 9.18 Å². The Morgan fingerprint density at radius 1 is 1.14 bits per heavy atom. The number of hydrogen-bond donors (Lipinski definition) is 1. The number of benzene rings is 2. The first kappa shape index (κ1) is 14.9. The second-order valence-electron chi connectivity index (χ2n) is 4.11. The molecule has 2 aromatic carbocycles. The number of rotatable bonds is 4. The van der Waals surface area contributed by atoms with Crippen LogP contribution in [-0.4, -0.2) is 12.1 Å². The summed E-state index contributed by atoms with van der Waals surface area (Å²) in [7, 11) is 0. The maximum Gasteiger partial charge on any atom is 0.264 e. The molecule has 5 heteroatoms. The number of amides is 1. The number of hydrazone groups is 1. The van der Waals surface area contributed by atoms with Gasteiger partial charge in [-0.1, -0.05) is 48.0 Å². The van der Waals surface area contributed by atoms with E-state index in [-0.39, 0.29) is 10.6 Å². The van der Waals surface area contributed by atoms with Crippen LogP contribution in [0.1, 0.15) is 11.1 Å². The molecule has 3 nitrogen and oxygen atoms in total. The Balaban J connectivity index is 1.95. The van der Waals surface area contributed by atoms with Crippen molar-refractivity contribution in [1.29, 1.82) is 0 Å². The fourth-order valence-electron chi connectivity index (χ4n) is 1.57. The van der Waals surface area contributed by atoms with Crippen LogP contribution < -0.4 is 5.43 Å². The van der Waals surface area contributed by atoms with Crippen molar-refractivity contribution in [2.75, 3.05) is 0 Å². The molecule has 0 aliphatic rings. The number of halogens is 2. The smallest absolute Gasteiger partial charge is 0.264 e. The van der Waals surface area contributed by atoms with Crippen LogP contribution in [0.4, 0.5) is 4.39 Å². The van der Waals surface area contributed by atoms with E-state index in [2.05, 4.69) is 10.5 Å². The minimum Gasteiger partial charge on any atom is -0.268 e. The highest BCUT2D eigenvalue weighted by Crippen LogP contribution is 2.16. The molecular weight excluding hydrogens is 291 g/mol. The topological polar surface area (TPSA) is 41.5 Å². The third kappa shape index (κ3) is 4.54. The number of carbonyl (C=O) groups is 1. The van der Waals surface area contributed by atoms with Gasteiger partial charge in [0.1, 0.15) is 5.82 Å². The van der Waals surface area contributed by atoms with Crippen LogP contribution in [0.5, 0.6) is 0 Å². The molecule has 0 bridgehead atoms. The van der Waals surface area contributed by atoms with Gasteiger partial charge in [-0.15, -0.1) is 0 Å². The molecule has 0 aromatic heterocycles. The summed E-state index contributed by atoms with van der Waals surface area (Å²) in [4.78, 5) is 11.5. The molecule has 0 saturated carbocycles. The number of hydrogen-bond acceptors (Lipinski definition) is 2. The Morgan fingerprint density at radius 3 is 2.62 bits per heavy atom. The number of nitrogens with one attached hydrogen (secondary N) is 1.